The van der Waals surface area contributed by atoms with Crippen molar-refractivity contribution in [1.82, 2.24) is 4.73 Å². The van der Waals surface area contributed by atoms with Crippen molar-refractivity contribution in [2.45, 2.75) is 32.1 Å². The van der Waals surface area contributed by atoms with Gasteiger partial charge in [0.15, 0.2) is 0 Å². The first-order valence-electron chi connectivity index (χ1n) is 9.06. The van der Waals surface area contributed by atoms with Gasteiger partial charge in [0.2, 0.25) is 0 Å². The number of hydrogen-bond donors (Lipinski definition) is 0. The lowest BCUT2D eigenvalue weighted by molar-refractivity contribution is 0.177. The van der Waals surface area contributed by atoms with E-state index in [1.54, 1.807) is 7.11 Å². The van der Waals surface area contributed by atoms with Crippen molar-refractivity contribution in [2.75, 3.05) is 7.11 Å². The second kappa shape index (κ2) is 7.04. The molecule has 2 heteroatoms. The van der Waals surface area contributed by atoms with Crippen LogP contribution in [0.4, 0.5) is 0 Å². The van der Waals surface area contributed by atoms with Crippen LogP contribution in [0, 0.1) is 0 Å². The molecule has 126 valence electrons. The molecular formula is C23H23NO. The molecule has 1 aliphatic rings. The van der Waals surface area contributed by atoms with Crippen molar-refractivity contribution in [1.29, 1.82) is 0 Å². The number of benzene rings is 2. The first-order valence-corrected chi connectivity index (χ1v) is 9.06. The van der Waals surface area contributed by atoms with Gasteiger partial charge in [-0.2, -0.15) is 4.73 Å². The Labute approximate surface area is 149 Å². The van der Waals surface area contributed by atoms with Gasteiger partial charge in [0.1, 0.15) is 7.11 Å². The Morgan fingerprint density at radius 2 is 1.64 bits per heavy atom. The van der Waals surface area contributed by atoms with E-state index in [1.165, 1.54) is 35.8 Å². The average molecular weight is 329 g/mol. The van der Waals surface area contributed by atoms with E-state index < -0.39 is 0 Å². The van der Waals surface area contributed by atoms with Gasteiger partial charge in [0.25, 0.3) is 0 Å². The summed E-state index contributed by atoms with van der Waals surface area (Å²) < 4.78 is 1.92. The second-order valence-corrected chi connectivity index (χ2v) is 6.60. The third-order valence-corrected chi connectivity index (χ3v) is 4.93. The maximum Gasteiger partial charge on any atom is 0.104 e. The molecule has 0 saturated heterocycles. The molecule has 2 nitrogen and oxygen atoms in total. The molecule has 25 heavy (non-hydrogen) atoms. The highest BCUT2D eigenvalue weighted by atomic mass is 16.6. The van der Waals surface area contributed by atoms with Gasteiger partial charge in [-0.15, -0.1) is 5.73 Å². The predicted octanol–water partition coefficient (Wildman–Crippen LogP) is 5.62. The maximum absolute atomic E-state index is 5.74. The van der Waals surface area contributed by atoms with Crippen molar-refractivity contribution >= 4 is 16.5 Å². The zero-order valence-corrected chi connectivity index (χ0v) is 14.7. The molecule has 0 spiro atoms. The predicted molar refractivity (Wildman–Crippen MR) is 104 cm³/mol. The summed E-state index contributed by atoms with van der Waals surface area (Å²) in [5.41, 5.74) is 9.64. The summed E-state index contributed by atoms with van der Waals surface area (Å²) in [6, 6.07) is 21.1. The normalized spacial score (nSPS) is 14.4. The molecule has 2 aromatic carbocycles. The van der Waals surface area contributed by atoms with E-state index >= 15 is 0 Å². The summed E-state index contributed by atoms with van der Waals surface area (Å²) >= 11 is 0. The molecule has 4 rings (SSSR count). The van der Waals surface area contributed by atoms with Crippen molar-refractivity contribution in [3.8, 4) is 0 Å². The number of allylic oxidation sites excluding steroid dienone is 1. The highest BCUT2D eigenvalue weighted by molar-refractivity contribution is 5.89. The van der Waals surface area contributed by atoms with E-state index in [0.29, 0.717) is 0 Å². The summed E-state index contributed by atoms with van der Waals surface area (Å²) in [5, 5.41) is 1.18. The quantitative estimate of drug-likeness (QED) is 0.569. The van der Waals surface area contributed by atoms with E-state index in [9.17, 15) is 0 Å². The Hall–Kier alpha value is -2.70. The Morgan fingerprint density at radius 1 is 0.920 bits per heavy atom. The van der Waals surface area contributed by atoms with E-state index in [1.807, 2.05) is 10.8 Å². The molecule has 0 unspecified atom stereocenters. The maximum atomic E-state index is 5.74. The first-order chi connectivity index (χ1) is 12.4. The Bertz CT molecular complexity index is 935. The van der Waals surface area contributed by atoms with E-state index in [2.05, 4.69) is 60.3 Å². The number of para-hydroxylation sites is 1. The van der Waals surface area contributed by atoms with E-state index in [-0.39, 0.29) is 0 Å². The molecule has 0 N–H and O–H groups in total. The molecule has 0 atom stereocenters. The van der Waals surface area contributed by atoms with Crippen LogP contribution in [-0.4, -0.2) is 11.8 Å². The van der Waals surface area contributed by atoms with Gasteiger partial charge < -0.3 is 4.84 Å². The van der Waals surface area contributed by atoms with Gasteiger partial charge in [0.05, 0.1) is 16.8 Å². The zero-order chi connectivity index (χ0) is 17.1. The highest BCUT2D eigenvalue weighted by Gasteiger charge is 2.15. The number of nitrogens with zero attached hydrogens (tertiary/aromatic N) is 1. The van der Waals surface area contributed by atoms with Crippen LogP contribution in [-0.2, 0) is 0 Å². The van der Waals surface area contributed by atoms with Crippen molar-refractivity contribution in [3.63, 3.8) is 0 Å². The second-order valence-electron chi connectivity index (χ2n) is 6.60. The Kier molecular flexibility index (Phi) is 4.45. The van der Waals surface area contributed by atoms with Gasteiger partial charge in [0, 0.05) is 5.39 Å². The lowest BCUT2D eigenvalue weighted by Crippen LogP contribution is -2.09. The number of hydrogen-bond acceptors (Lipinski definition) is 1. The molecule has 1 aliphatic carbocycles. The first kappa shape index (κ1) is 15.8. The molecule has 0 bridgehead atoms. The molecule has 1 heterocycles. The summed E-state index contributed by atoms with van der Waals surface area (Å²) in [6.45, 7) is 0. The fraction of sp³-hybridized carbons (Fsp3) is 0.261. The van der Waals surface area contributed by atoms with Crippen molar-refractivity contribution < 1.29 is 4.84 Å². The smallest absolute Gasteiger partial charge is 0.104 e. The van der Waals surface area contributed by atoms with Crippen LogP contribution in [0.1, 0.15) is 43.4 Å². The zero-order valence-electron chi connectivity index (χ0n) is 14.7. The van der Waals surface area contributed by atoms with Crippen LogP contribution >= 0.6 is 0 Å². The third kappa shape index (κ3) is 3.14. The van der Waals surface area contributed by atoms with Gasteiger partial charge in [-0.25, -0.2) is 0 Å². The Balaban J connectivity index is 1.97. The molecule has 0 amide bonds. The van der Waals surface area contributed by atoms with Gasteiger partial charge in [-0.05, 0) is 49.0 Å². The number of rotatable bonds is 3. The lowest BCUT2D eigenvalue weighted by atomic mass is 9.93. The van der Waals surface area contributed by atoms with Gasteiger partial charge in [-0.1, -0.05) is 55.0 Å². The van der Waals surface area contributed by atoms with Gasteiger partial charge in [-0.3, -0.25) is 0 Å². The van der Waals surface area contributed by atoms with E-state index in [4.69, 9.17) is 4.84 Å². The summed E-state index contributed by atoms with van der Waals surface area (Å²) in [7, 11) is 1.73. The third-order valence-electron chi connectivity index (χ3n) is 4.93. The molecule has 1 saturated carbocycles. The van der Waals surface area contributed by atoms with Crippen LogP contribution in [0.5, 0.6) is 0 Å². The minimum Gasteiger partial charge on any atom is -0.416 e. The topological polar surface area (TPSA) is 14.2 Å². The molecule has 1 fully saturated rings. The van der Waals surface area contributed by atoms with E-state index in [0.717, 1.165) is 29.6 Å². The molecule has 0 radical (unpaired) electrons. The monoisotopic (exact) mass is 329 g/mol. The van der Waals surface area contributed by atoms with Crippen LogP contribution in [0.3, 0.4) is 0 Å². The highest BCUT2D eigenvalue weighted by Crippen LogP contribution is 2.30. The largest absolute Gasteiger partial charge is 0.416 e. The van der Waals surface area contributed by atoms with Crippen LogP contribution in [0.2, 0.25) is 0 Å². The number of fused-ring (bicyclic) bond motifs is 1. The van der Waals surface area contributed by atoms with Crippen LogP contribution in [0.15, 0.2) is 72.0 Å². The minimum atomic E-state index is 1.06. The standard InChI is InChI=1S/C23H23NO/c1-25-24-22-15-9-8-14-20(22)17-23(24)21(19-12-6-3-7-13-19)16-18-10-4-2-5-11-18/h3,6-9,12-15,17H,2,4-5,10-11H2,1H3. The lowest BCUT2D eigenvalue weighted by Gasteiger charge is -2.14. The van der Waals surface area contributed by atoms with Crippen LogP contribution in [0.25, 0.3) is 16.5 Å². The van der Waals surface area contributed by atoms with Crippen molar-refractivity contribution in [3.05, 3.63) is 83.2 Å². The molecule has 3 aromatic rings. The average Bonchev–Trinajstić information content (AvgIpc) is 3.06. The fourth-order valence-corrected chi connectivity index (χ4v) is 3.67. The summed E-state index contributed by atoms with van der Waals surface area (Å²) in [6.07, 6.45) is 6.20. The summed E-state index contributed by atoms with van der Waals surface area (Å²) in [5.74, 6) is 0. The summed E-state index contributed by atoms with van der Waals surface area (Å²) in [4.78, 5) is 5.74. The van der Waals surface area contributed by atoms with Crippen molar-refractivity contribution in [2.24, 2.45) is 0 Å². The van der Waals surface area contributed by atoms with Crippen LogP contribution < -0.4 is 4.84 Å². The number of aromatic nitrogens is 1. The molecule has 0 aliphatic heterocycles. The fourth-order valence-electron chi connectivity index (χ4n) is 3.67. The molecular weight excluding hydrogens is 306 g/mol. The van der Waals surface area contributed by atoms with Gasteiger partial charge >= 0.3 is 0 Å². The Morgan fingerprint density at radius 3 is 2.40 bits per heavy atom. The minimum absolute atomic E-state index is 1.06. The SMILES string of the molecule is COn1c(C(=C=C2CCCCC2)c2ccccc2)cc2ccccc21. The molecule has 1 aromatic heterocycles.